The molecule has 0 fully saturated rings. The van der Waals surface area contributed by atoms with Gasteiger partial charge in [-0.15, -0.1) is 10.2 Å². The molecule has 8 nitrogen and oxygen atoms in total. The lowest BCUT2D eigenvalue weighted by Crippen LogP contribution is -2.28. The molecule has 2 heterocycles. The fourth-order valence-electron chi connectivity index (χ4n) is 1.96. The molecule has 2 aromatic rings. The van der Waals surface area contributed by atoms with E-state index >= 15 is 0 Å². The van der Waals surface area contributed by atoms with E-state index in [1.807, 2.05) is 25.3 Å². The molecule has 120 valence electrons. The summed E-state index contributed by atoms with van der Waals surface area (Å²) < 4.78 is 12.0. The van der Waals surface area contributed by atoms with E-state index in [4.69, 9.17) is 9.26 Å². The molecule has 1 amide bonds. The standard InChI is InChI=1S/C14H21N5O3/c1-9(2)11-7-12(22-18-11)14(20)16-10(3)13-17-15-8-19(13)5-6-21-4/h7-10H,5-6H2,1-4H3,(H,16,20). The van der Waals surface area contributed by atoms with Crippen molar-refractivity contribution < 1.29 is 14.1 Å². The van der Waals surface area contributed by atoms with Gasteiger partial charge in [0.15, 0.2) is 5.82 Å². The van der Waals surface area contributed by atoms with Crippen molar-refractivity contribution >= 4 is 5.91 Å². The molecule has 0 bridgehead atoms. The smallest absolute Gasteiger partial charge is 0.290 e. The Labute approximate surface area is 128 Å². The summed E-state index contributed by atoms with van der Waals surface area (Å²) in [7, 11) is 1.63. The Hall–Kier alpha value is -2.22. The summed E-state index contributed by atoms with van der Waals surface area (Å²) in [5.74, 6) is 0.737. The van der Waals surface area contributed by atoms with Crippen LogP contribution in [0.2, 0.25) is 0 Å². The molecule has 0 radical (unpaired) electrons. The zero-order chi connectivity index (χ0) is 16.1. The van der Waals surface area contributed by atoms with Crippen LogP contribution in [0.1, 0.15) is 54.8 Å². The first-order valence-electron chi connectivity index (χ1n) is 7.17. The lowest BCUT2D eigenvalue weighted by Gasteiger charge is -2.13. The number of nitrogens with zero attached hydrogens (tertiary/aromatic N) is 4. The van der Waals surface area contributed by atoms with Gasteiger partial charge in [-0.2, -0.15) is 0 Å². The maximum Gasteiger partial charge on any atom is 0.290 e. The van der Waals surface area contributed by atoms with Crippen LogP contribution in [0.5, 0.6) is 0 Å². The van der Waals surface area contributed by atoms with E-state index in [0.717, 1.165) is 5.69 Å². The van der Waals surface area contributed by atoms with E-state index in [-0.39, 0.29) is 23.6 Å². The third-order valence-electron chi connectivity index (χ3n) is 3.26. The van der Waals surface area contributed by atoms with Crippen molar-refractivity contribution in [1.82, 2.24) is 25.2 Å². The third-order valence-corrected chi connectivity index (χ3v) is 3.26. The average molecular weight is 307 g/mol. The molecule has 2 aromatic heterocycles. The molecule has 8 heteroatoms. The second kappa shape index (κ2) is 7.17. The Morgan fingerprint density at radius 3 is 2.86 bits per heavy atom. The molecular formula is C14H21N5O3. The minimum Gasteiger partial charge on any atom is -0.383 e. The first kappa shape index (κ1) is 16.2. The SMILES string of the molecule is COCCn1cnnc1C(C)NC(=O)c1cc(C(C)C)no1. The number of ether oxygens (including phenoxy) is 1. The number of carbonyl (C=O) groups excluding carboxylic acids is 1. The van der Waals surface area contributed by atoms with Crippen molar-refractivity contribution in [1.29, 1.82) is 0 Å². The molecule has 22 heavy (non-hydrogen) atoms. The zero-order valence-corrected chi connectivity index (χ0v) is 13.2. The van der Waals surface area contributed by atoms with Crippen molar-refractivity contribution in [3.63, 3.8) is 0 Å². The minimum absolute atomic E-state index is 0.193. The molecule has 0 aliphatic heterocycles. The molecule has 1 unspecified atom stereocenters. The van der Waals surface area contributed by atoms with Crippen molar-refractivity contribution in [3.05, 3.63) is 29.7 Å². The van der Waals surface area contributed by atoms with Crippen molar-refractivity contribution in [3.8, 4) is 0 Å². The molecule has 0 saturated carbocycles. The number of nitrogens with one attached hydrogen (secondary N) is 1. The Morgan fingerprint density at radius 1 is 1.45 bits per heavy atom. The van der Waals surface area contributed by atoms with Gasteiger partial charge in [-0.1, -0.05) is 19.0 Å². The van der Waals surface area contributed by atoms with Crippen LogP contribution in [0, 0.1) is 0 Å². The summed E-state index contributed by atoms with van der Waals surface area (Å²) >= 11 is 0. The quantitative estimate of drug-likeness (QED) is 0.833. The maximum atomic E-state index is 12.2. The molecule has 0 aromatic carbocycles. The zero-order valence-electron chi connectivity index (χ0n) is 13.2. The van der Waals surface area contributed by atoms with Crippen LogP contribution in [-0.2, 0) is 11.3 Å². The Bertz CT molecular complexity index is 620. The van der Waals surface area contributed by atoms with Gasteiger partial charge >= 0.3 is 0 Å². The largest absolute Gasteiger partial charge is 0.383 e. The van der Waals surface area contributed by atoms with Gasteiger partial charge in [0.2, 0.25) is 5.76 Å². The Morgan fingerprint density at radius 2 is 2.23 bits per heavy atom. The van der Waals surface area contributed by atoms with E-state index < -0.39 is 0 Å². The number of carbonyl (C=O) groups is 1. The van der Waals surface area contributed by atoms with E-state index in [1.165, 1.54) is 0 Å². The molecule has 0 spiro atoms. The average Bonchev–Trinajstić information content (AvgIpc) is 3.13. The van der Waals surface area contributed by atoms with Gasteiger partial charge in [-0.3, -0.25) is 4.79 Å². The van der Waals surface area contributed by atoms with Crippen LogP contribution in [0.3, 0.4) is 0 Å². The second-order valence-corrected chi connectivity index (χ2v) is 5.34. The summed E-state index contributed by atoms with van der Waals surface area (Å²) in [6.07, 6.45) is 1.61. The molecule has 1 N–H and O–H groups in total. The summed E-state index contributed by atoms with van der Waals surface area (Å²) in [5.41, 5.74) is 0.751. The lowest BCUT2D eigenvalue weighted by molar-refractivity contribution is 0.0899. The minimum atomic E-state index is -0.326. The van der Waals surface area contributed by atoms with Crippen LogP contribution in [-0.4, -0.2) is 39.5 Å². The van der Waals surface area contributed by atoms with Crippen molar-refractivity contribution in [2.75, 3.05) is 13.7 Å². The number of hydrogen-bond acceptors (Lipinski definition) is 6. The van der Waals surface area contributed by atoms with Crippen LogP contribution in [0.15, 0.2) is 16.9 Å². The molecule has 1 atom stereocenters. The molecule has 0 aliphatic carbocycles. The first-order valence-corrected chi connectivity index (χ1v) is 7.17. The highest BCUT2D eigenvalue weighted by Gasteiger charge is 2.20. The second-order valence-electron chi connectivity index (χ2n) is 5.34. The van der Waals surface area contributed by atoms with Gasteiger partial charge in [-0.05, 0) is 12.8 Å². The first-order chi connectivity index (χ1) is 10.5. The monoisotopic (exact) mass is 307 g/mol. The molecule has 2 rings (SSSR count). The number of rotatable bonds is 7. The Kier molecular flexibility index (Phi) is 5.26. The fraction of sp³-hybridized carbons (Fsp3) is 0.571. The highest BCUT2D eigenvalue weighted by atomic mass is 16.5. The normalized spacial score (nSPS) is 12.6. The van der Waals surface area contributed by atoms with Gasteiger partial charge in [0.25, 0.3) is 5.91 Å². The van der Waals surface area contributed by atoms with Gasteiger partial charge in [0, 0.05) is 19.7 Å². The number of hydrogen-bond donors (Lipinski definition) is 1. The third kappa shape index (κ3) is 3.70. The topological polar surface area (TPSA) is 95.1 Å². The van der Waals surface area contributed by atoms with Crippen LogP contribution < -0.4 is 5.32 Å². The number of aromatic nitrogens is 4. The van der Waals surface area contributed by atoms with Crippen molar-refractivity contribution in [2.45, 2.75) is 39.3 Å². The number of amides is 1. The summed E-state index contributed by atoms with van der Waals surface area (Å²) in [6.45, 7) is 6.98. The van der Waals surface area contributed by atoms with E-state index in [9.17, 15) is 4.79 Å². The predicted molar refractivity (Wildman–Crippen MR) is 78.4 cm³/mol. The van der Waals surface area contributed by atoms with Gasteiger partial charge in [0.05, 0.1) is 18.3 Å². The summed E-state index contributed by atoms with van der Waals surface area (Å²) in [5, 5.41) is 14.6. The highest BCUT2D eigenvalue weighted by molar-refractivity contribution is 5.91. The van der Waals surface area contributed by atoms with E-state index in [2.05, 4.69) is 20.7 Å². The maximum absolute atomic E-state index is 12.2. The van der Waals surface area contributed by atoms with Crippen LogP contribution in [0.4, 0.5) is 0 Å². The van der Waals surface area contributed by atoms with Gasteiger partial charge in [-0.25, -0.2) is 0 Å². The molecule has 0 aliphatic rings. The fourth-order valence-corrected chi connectivity index (χ4v) is 1.96. The Balaban J connectivity index is 2.03. The highest BCUT2D eigenvalue weighted by Crippen LogP contribution is 2.15. The van der Waals surface area contributed by atoms with E-state index in [1.54, 1.807) is 19.5 Å². The van der Waals surface area contributed by atoms with Gasteiger partial charge < -0.3 is 19.1 Å². The van der Waals surface area contributed by atoms with E-state index in [0.29, 0.717) is 19.0 Å². The molecular weight excluding hydrogens is 286 g/mol. The lowest BCUT2D eigenvalue weighted by atomic mass is 10.1. The summed E-state index contributed by atoms with van der Waals surface area (Å²) in [6, 6.07) is 1.35. The molecule has 0 saturated heterocycles. The van der Waals surface area contributed by atoms with Crippen LogP contribution >= 0.6 is 0 Å². The predicted octanol–water partition coefficient (Wildman–Crippen LogP) is 1.53. The van der Waals surface area contributed by atoms with Gasteiger partial charge in [0.1, 0.15) is 6.33 Å². The number of methoxy groups -OCH3 is 1. The van der Waals surface area contributed by atoms with Crippen molar-refractivity contribution in [2.24, 2.45) is 0 Å². The van der Waals surface area contributed by atoms with Crippen LogP contribution in [0.25, 0.3) is 0 Å². The summed E-state index contributed by atoms with van der Waals surface area (Å²) in [4.78, 5) is 12.2.